The number of hydrogen-bond donors (Lipinski definition) is 2. The Balaban J connectivity index is 2.04. The minimum atomic E-state index is -3.17. The first kappa shape index (κ1) is 11.2. The van der Waals surface area contributed by atoms with Crippen molar-refractivity contribution in [1.82, 2.24) is 5.32 Å². The monoisotopic (exact) mass is 252 g/mol. The van der Waals surface area contributed by atoms with Crippen molar-refractivity contribution < 1.29 is 8.42 Å². The van der Waals surface area contributed by atoms with Gasteiger partial charge in [0, 0.05) is 24.9 Å². The Bertz CT molecular complexity index is 555. The minimum Gasteiger partial charge on any atom is -0.327 e. The van der Waals surface area contributed by atoms with Crippen LogP contribution in [0.25, 0.3) is 0 Å². The van der Waals surface area contributed by atoms with Gasteiger partial charge < -0.3 is 11.1 Å². The van der Waals surface area contributed by atoms with Crippen LogP contribution in [0.2, 0.25) is 0 Å². The summed E-state index contributed by atoms with van der Waals surface area (Å²) in [5.74, 6) is 0.922. The molecule has 4 unspecified atom stereocenters. The summed E-state index contributed by atoms with van der Waals surface area (Å²) >= 11 is 0. The first-order valence-corrected chi connectivity index (χ1v) is 7.67. The highest BCUT2D eigenvalue weighted by atomic mass is 32.2. The summed E-state index contributed by atoms with van der Waals surface area (Å²) < 4.78 is 23.5. The summed E-state index contributed by atoms with van der Waals surface area (Å²) in [5, 5.41) is 3.37. The summed E-state index contributed by atoms with van der Waals surface area (Å²) in [6, 6.07) is 7.54. The second-order valence-electron chi connectivity index (χ2n) is 5.01. The highest BCUT2D eigenvalue weighted by Gasteiger charge is 2.56. The third-order valence-electron chi connectivity index (χ3n) is 3.90. The first-order valence-electron chi connectivity index (χ1n) is 5.78. The maximum absolute atomic E-state index is 11.8. The van der Waals surface area contributed by atoms with Crippen molar-refractivity contribution in [3.63, 3.8) is 0 Å². The Morgan fingerprint density at radius 1 is 1.35 bits per heavy atom. The lowest BCUT2D eigenvalue weighted by Gasteiger charge is -2.18. The van der Waals surface area contributed by atoms with Crippen LogP contribution in [0.1, 0.15) is 11.6 Å². The largest absolute Gasteiger partial charge is 0.327 e. The Hall–Kier alpha value is -0.910. The lowest BCUT2D eigenvalue weighted by atomic mass is 10.0. The molecule has 0 radical (unpaired) electrons. The summed E-state index contributed by atoms with van der Waals surface area (Å²) in [6.07, 6.45) is 1.26. The van der Waals surface area contributed by atoms with Gasteiger partial charge in [-0.3, -0.25) is 0 Å². The van der Waals surface area contributed by atoms with Crippen molar-refractivity contribution in [2.45, 2.75) is 17.0 Å². The molecule has 92 valence electrons. The van der Waals surface area contributed by atoms with E-state index in [9.17, 15) is 8.42 Å². The maximum Gasteiger partial charge on any atom is 0.175 e. The van der Waals surface area contributed by atoms with Gasteiger partial charge in [-0.15, -0.1) is 0 Å². The standard InChI is InChI=1S/C12H16N2O2S/c1-17(15,16)9-5-3-2-4-7(9)12-10-8(6-14-12)11(10)13/h2-5,8,10-12,14H,6,13H2,1H3. The smallest absolute Gasteiger partial charge is 0.175 e. The molecule has 0 bridgehead atoms. The molecule has 1 aliphatic carbocycles. The molecule has 5 heteroatoms. The second-order valence-corrected chi connectivity index (χ2v) is 7.00. The number of piperidine rings is 1. The van der Waals surface area contributed by atoms with Gasteiger partial charge in [0.2, 0.25) is 0 Å². The van der Waals surface area contributed by atoms with Crippen LogP contribution >= 0.6 is 0 Å². The maximum atomic E-state index is 11.8. The van der Waals surface area contributed by atoms with Crippen LogP contribution in [0.4, 0.5) is 0 Å². The molecule has 1 heterocycles. The second kappa shape index (κ2) is 3.54. The van der Waals surface area contributed by atoms with Gasteiger partial charge in [-0.25, -0.2) is 8.42 Å². The van der Waals surface area contributed by atoms with Crippen LogP contribution in [-0.2, 0) is 9.84 Å². The van der Waals surface area contributed by atoms with Crippen molar-refractivity contribution >= 4 is 9.84 Å². The molecule has 17 heavy (non-hydrogen) atoms. The van der Waals surface area contributed by atoms with E-state index in [2.05, 4.69) is 5.32 Å². The van der Waals surface area contributed by atoms with Gasteiger partial charge in [0.05, 0.1) is 4.90 Å². The zero-order valence-corrected chi connectivity index (χ0v) is 10.4. The third-order valence-corrected chi connectivity index (χ3v) is 5.07. The van der Waals surface area contributed by atoms with Crippen molar-refractivity contribution in [3.05, 3.63) is 29.8 Å². The number of hydrogen-bond acceptors (Lipinski definition) is 4. The van der Waals surface area contributed by atoms with Crippen LogP contribution < -0.4 is 11.1 Å². The molecule has 0 spiro atoms. The number of nitrogens with one attached hydrogen (secondary N) is 1. The van der Waals surface area contributed by atoms with Crippen LogP contribution in [0, 0.1) is 11.8 Å². The number of fused-ring (bicyclic) bond motifs is 1. The molecule has 3 rings (SSSR count). The fourth-order valence-corrected chi connectivity index (χ4v) is 3.91. The summed E-state index contributed by atoms with van der Waals surface area (Å²) in [7, 11) is -3.17. The highest BCUT2D eigenvalue weighted by molar-refractivity contribution is 7.90. The zero-order valence-electron chi connectivity index (χ0n) is 9.63. The molecular weight excluding hydrogens is 236 g/mol. The lowest BCUT2D eigenvalue weighted by molar-refractivity contribution is 0.526. The fourth-order valence-electron chi connectivity index (χ4n) is 2.96. The predicted octanol–water partition coefficient (Wildman–Crippen LogP) is 0.308. The molecule has 2 aliphatic rings. The quantitative estimate of drug-likeness (QED) is 0.794. The van der Waals surface area contributed by atoms with Crippen molar-refractivity contribution in [2.24, 2.45) is 17.6 Å². The molecule has 1 aliphatic heterocycles. The Kier molecular flexibility index (Phi) is 2.33. The van der Waals surface area contributed by atoms with Crippen LogP contribution in [0.5, 0.6) is 0 Å². The van der Waals surface area contributed by atoms with E-state index in [4.69, 9.17) is 5.73 Å². The van der Waals surface area contributed by atoms with Gasteiger partial charge >= 0.3 is 0 Å². The van der Waals surface area contributed by atoms with E-state index in [-0.39, 0.29) is 12.1 Å². The van der Waals surface area contributed by atoms with Crippen molar-refractivity contribution in [3.8, 4) is 0 Å². The van der Waals surface area contributed by atoms with E-state index >= 15 is 0 Å². The molecule has 4 nitrogen and oxygen atoms in total. The van der Waals surface area contributed by atoms with E-state index in [1.165, 1.54) is 6.26 Å². The number of rotatable bonds is 2. The fraction of sp³-hybridized carbons (Fsp3) is 0.500. The summed E-state index contributed by atoms with van der Waals surface area (Å²) in [5.41, 5.74) is 6.84. The Morgan fingerprint density at radius 3 is 2.65 bits per heavy atom. The van der Waals surface area contributed by atoms with Crippen LogP contribution in [0.15, 0.2) is 29.2 Å². The van der Waals surface area contributed by atoms with E-state index in [0.29, 0.717) is 16.7 Å². The molecule has 1 aromatic rings. The van der Waals surface area contributed by atoms with Gasteiger partial charge in [0.25, 0.3) is 0 Å². The molecule has 4 atom stereocenters. The number of benzene rings is 1. The average Bonchev–Trinajstić information content (AvgIpc) is 2.76. The highest BCUT2D eigenvalue weighted by Crippen LogP contribution is 2.51. The van der Waals surface area contributed by atoms with Gasteiger partial charge in [0.15, 0.2) is 9.84 Å². The normalized spacial score (nSPS) is 35.6. The van der Waals surface area contributed by atoms with E-state index in [1.54, 1.807) is 12.1 Å². The first-order chi connectivity index (χ1) is 8.00. The average molecular weight is 252 g/mol. The molecule has 1 aromatic carbocycles. The molecule has 0 aromatic heterocycles. The SMILES string of the molecule is CS(=O)(=O)c1ccccc1C1NCC2C(N)C12. The van der Waals surface area contributed by atoms with E-state index in [0.717, 1.165) is 12.1 Å². The minimum absolute atomic E-state index is 0.0981. The number of nitrogens with two attached hydrogens (primary N) is 1. The lowest BCUT2D eigenvalue weighted by Crippen LogP contribution is -2.26. The number of sulfone groups is 1. The summed E-state index contributed by atoms with van der Waals surface area (Å²) in [6.45, 7) is 0.897. The van der Waals surface area contributed by atoms with Gasteiger partial charge in [-0.1, -0.05) is 18.2 Å². The van der Waals surface area contributed by atoms with Crippen molar-refractivity contribution in [2.75, 3.05) is 12.8 Å². The van der Waals surface area contributed by atoms with Crippen LogP contribution in [-0.4, -0.2) is 27.3 Å². The van der Waals surface area contributed by atoms with Gasteiger partial charge in [-0.05, 0) is 23.5 Å². The van der Waals surface area contributed by atoms with Crippen molar-refractivity contribution in [1.29, 1.82) is 0 Å². The van der Waals surface area contributed by atoms with E-state index < -0.39 is 9.84 Å². The third kappa shape index (κ3) is 1.69. The van der Waals surface area contributed by atoms with E-state index in [1.807, 2.05) is 12.1 Å². The van der Waals surface area contributed by atoms with Crippen LogP contribution in [0.3, 0.4) is 0 Å². The Labute approximate surface area is 101 Å². The Morgan fingerprint density at radius 2 is 2.06 bits per heavy atom. The molecule has 1 saturated carbocycles. The van der Waals surface area contributed by atoms with Gasteiger partial charge in [0.1, 0.15) is 0 Å². The molecule has 2 fully saturated rings. The summed E-state index contributed by atoms with van der Waals surface area (Å²) in [4.78, 5) is 0.428. The molecule has 1 saturated heterocycles. The molecular formula is C12H16N2O2S. The topological polar surface area (TPSA) is 72.2 Å². The predicted molar refractivity (Wildman–Crippen MR) is 65.3 cm³/mol. The van der Waals surface area contributed by atoms with Gasteiger partial charge in [-0.2, -0.15) is 0 Å². The zero-order chi connectivity index (χ0) is 12.2. The molecule has 3 N–H and O–H groups in total. The molecule has 0 amide bonds.